The van der Waals surface area contributed by atoms with Crippen molar-refractivity contribution in [2.45, 2.75) is 18.7 Å². The summed E-state index contributed by atoms with van der Waals surface area (Å²) in [4.78, 5) is 3.94. The minimum Gasteiger partial charge on any atom is -0.242 e. The molecule has 17 heavy (non-hydrogen) atoms. The number of hydrogen-bond donors (Lipinski definition) is 0. The topological polar surface area (TPSA) is 47.0 Å². The van der Waals surface area contributed by atoms with Gasteiger partial charge in [-0.25, -0.2) is 4.98 Å². The molecule has 0 spiro atoms. The molecule has 6 heteroatoms. The Morgan fingerprint density at radius 1 is 1.29 bits per heavy atom. The molecule has 0 amide bonds. The van der Waals surface area contributed by atoms with Crippen molar-refractivity contribution in [3.63, 3.8) is 0 Å². The van der Waals surface area contributed by atoms with Gasteiger partial charge in [-0.05, 0) is 25.5 Å². The minimum atomic E-state index is -4.68. The molecule has 1 aromatic carbocycles. The summed E-state index contributed by atoms with van der Waals surface area (Å²) < 4.78 is 35.0. The monoisotopic (exact) mass is 271 g/mol. The van der Waals surface area contributed by atoms with Crippen LogP contribution in [-0.4, -0.2) is 13.4 Å². The van der Waals surface area contributed by atoms with Crippen LogP contribution in [0.3, 0.4) is 0 Å². The predicted molar refractivity (Wildman–Crippen MR) is 65.3 cm³/mol. The van der Waals surface area contributed by atoms with Crippen molar-refractivity contribution in [2.75, 3.05) is 0 Å². The zero-order valence-corrected chi connectivity index (χ0v) is 10.9. The molecule has 0 fully saturated rings. The van der Waals surface area contributed by atoms with E-state index in [4.69, 9.17) is 0 Å². The Morgan fingerprint density at radius 3 is 2.53 bits per heavy atom. The van der Waals surface area contributed by atoms with Gasteiger partial charge < -0.3 is 0 Å². The van der Waals surface area contributed by atoms with E-state index < -0.39 is 10.2 Å². The quantitative estimate of drug-likeness (QED) is 0.789. The van der Waals surface area contributed by atoms with Gasteiger partial charge in [-0.2, -0.15) is 8.42 Å². The third kappa shape index (κ3) is 2.53. The SMILES string of the molecule is Cc1nc(-c2ccc(C)c(S(=O)(=O)F)c2)cs1. The van der Waals surface area contributed by atoms with Crippen LogP contribution in [-0.2, 0) is 10.2 Å². The number of benzene rings is 1. The van der Waals surface area contributed by atoms with Gasteiger partial charge in [-0.1, -0.05) is 12.1 Å². The Hall–Kier alpha value is -1.27. The number of hydrogen-bond acceptors (Lipinski definition) is 4. The Kier molecular flexibility index (Phi) is 3.01. The molecule has 0 N–H and O–H groups in total. The van der Waals surface area contributed by atoms with E-state index >= 15 is 0 Å². The average Bonchev–Trinajstić information content (AvgIpc) is 2.64. The molecular weight excluding hydrogens is 261 g/mol. The molecule has 3 nitrogen and oxygen atoms in total. The zero-order chi connectivity index (χ0) is 12.6. The van der Waals surface area contributed by atoms with E-state index in [2.05, 4.69) is 4.98 Å². The van der Waals surface area contributed by atoms with Crippen molar-refractivity contribution in [1.29, 1.82) is 0 Å². The summed E-state index contributed by atoms with van der Waals surface area (Å²) in [5.41, 5.74) is 1.66. The second-order valence-electron chi connectivity index (χ2n) is 3.67. The average molecular weight is 271 g/mol. The van der Waals surface area contributed by atoms with E-state index in [1.165, 1.54) is 17.4 Å². The number of thiazole rings is 1. The third-order valence-electron chi connectivity index (χ3n) is 2.37. The maximum Gasteiger partial charge on any atom is 0.332 e. The molecule has 0 unspecified atom stereocenters. The van der Waals surface area contributed by atoms with Crippen LogP contribution in [0.25, 0.3) is 11.3 Å². The fourth-order valence-electron chi connectivity index (χ4n) is 1.52. The van der Waals surface area contributed by atoms with Crippen LogP contribution in [0.4, 0.5) is 3.89 Å². The fraction of sp³-hybridized carbons (Fsp3) is 0.182. The van der Waals surface area contributed by atoms with Crippen LogP contribution in [0.2, 0.25) is 0 Å². The molecule has 0 atom stereocenters. The second kappa shape index (κ2) is 4.19. The molecule has 1 heterocycles. The van der Waals surface area contributed by atoms with Gasteiger partial charge in [0.1, 0.15) is 4.90 Å². The zero-order valence-electron chi connectivity index (χ0n) is 9.27. The molecular formula is C11H10FNO2S2. The Balaban J connectivity index is 2.59. The van der Waals surface area contributed by atoms with E-state index in [0.717, 1.165) is 5.01 Å². The molecule has 0 aliphatic carbocycles. The summed E-state index contributed by atoms with van der Waals surface area (Å²) in [5.74, 6) is 0. The van der Waals surface area contributed by atoms with Crippen molar-refractivity contribution in [3.05, 3.63) is 34.2 Å². The highest BCUT2D eigenvalue weighted by Gasteiger charge is 2.16. The van der Waals surface area contributed by atoms with Gasteiger partial charge >= 0.3 is 10.2 Å². The normalized spacial score (nSPS) is 11.7. The standard InChI is InChI=1S/C11H10FNO2S2/c1-7-3-4-9(5-11(7)17(12,14)15)10-6-16-8(2)13-10/h3-6H,1-2H3. The van der Waals surface area contributed by atoms with E-state index in [1.807, 2.05) is 12.3 Å². The van der Waals surface area contributed by atoms with E-state index in [1.54, 1.807) is 19.1 Å². The van der Waals surface area contributed by atoms with Gasteiger partial charge in [0, 0.05) is 10.9 Å². The predicted octanol–water partition coefficient (Wildman–Crippen LogP) is 3.09. The molecule has 1 aromatic heterocycles. The van der Waals surface area contributed by atoms with Gasteiger partial charge in [-0.3, -0.25) is 0 Å². The van der Waals surface area contributed by atoms with Crippen molar-refractivity contribution in [3.8, 4) is 11.3 Å². The number of halogens is 1. The fourth-order valence-corrected chi connectivity index (χ4v) is 2.86. The van der Waals surface area contributed by atoms with E-state index in [-0.39, 0.29) is 4.90 Å². The lowest BCUT2D eigenvalue weighted by Gasteiger charge is -2.03. The molecule has 90 valence electrons. The Morgan fingerprint density at radius 2 is 2.00 bits per heavy atom. The van der Waals surface area contributed by atoms with Gasteiger partial charge in [0.2, 0.25) is 0 Å². The number of aromatic nitrogens is 1. The smallest absolute Gasteiger partial charge is 0.242 e. The van der Waals surface area contributed by atoms with Gasteiger partial charge in [-0.15, -0.1) is 15.2 Å². The molecule has 0 radical (unpaired) electrons. The molecule has 2 rings (SSSR count). The van der Waals surface area contributed by atoms with Crippen LogP contribution in [0.1, 0.15) is 10.6 Å². The van der Waals surface area contributed by atoms with Crippen LogP contribution in [0, 0.1) is 13.8 Å². The lowest BCUT2D eigenvalue weighted by Crippen LogP contribution is -1.96. The molecule has 0 saturated heterocycles. The van der Waals surface area contributed by atoms with Crippen molar-refractivity contribution in [1.82, 2.24) is 4.98 Å². The largest absolute Gasteiger partial charge is 0.332 e. The minimum absolute atomic E-state index is 0.291. The van der Waals surface area contributed by atoms with Gasteiger partial charge in [0.15, 0.2) is 0 Å². The molecule has 2 aromatic rings. The molecule has 0 saturated carbocycles. The molecule has 0 aliphatic rings. The van der Waals surface area contributed by atoms with Crippen molar-refractivity contribution >= 4 is 21.6 Å². The lowest BCUT2D eigenvalue weighted by atomic mass is 10.1. The van der Waals surface area contributed by atoms with Crippen molar-refractivity contribution in [2.24, 2.45) is 0 Å². The first-order chi connectivity index (χ1) is 7.88. The van der Waals surface area contributed by atoms with Crippen LogP contribution < -0.4 is 0 Å². The van der Waals surface area contributed by atoms with Gasteiger partial charge in [0.25, 0.3) is 0 Å². The summed E-state index contributed by atoms with van der Waals surface area (Å²) in [6.07, 6.45) is 0. The van der Waals surface area contributed by atoms with Crippen LogP contribution in [0.5, 0.6) is 0 Å². The highest BCUT2D eigenvalue weighted by Crippen LogP contribution is 2.26. The number of aryl methyl sites for hydroxylation is 2. The first-order valence-electron chi connectivity index (χ1n) is 4.86. The summed E-state index contributed by atoms with van der Waals surface area (Å²) in [7, 11) is -4.68. The molecule has 0 aliphatic heterocycles. The van der Waals surface area contributed by atoms with Gasteiger partial charge in [0.05, 0.1) is 10.7 Å². The highest BCUT2D eigenvalue weighted by molar-refractivity contribution is 7.86. The second-order valence-corrected chi connectivity index (χ2v) is 6.05. The maximum atomic E-state index is 13.0. The van der Waals surface area contributed by atoms with Crippen LogP contribution >= 0.6 is 11.3 Å². The third-order valence-corrected chi connectivity index (χ3v) is 4.10. The summed E-state index contributed by atoms with van der Waals surface area (Å²) in [6, 6.07) is 4.63. The first-order valence-corrected chi connectivity index (χ1v) is 7.12. The highest BCUT2D eigenvalue weighted by atomic mass is 32.3. The Bertz CT molecular complexity index is 662. The van der Waals surface area contributed by atoms with Crippen molar-refractivity contribution < 1.29 is 12.3 Å². The number of rotatable bonds is 2. The van der Waals surface area contributed by atoms with E-state index in [9.17, 15) is 12.3 Å². The number of nitrogens with zero attached hydrogens (tertiary/aromatic N) is 1. The summed E-state index contributed by atoms with van der Waals surface area (Å²) >= 11 is 1.46. The lowest BCUT2D eigenvalue weighted by molar-refractivity contribution is 0.551. The molecule has 0 bridgehead atoms. The van der Waals surface area contributed by atoms with Crippen LogP contribution in [0.15, 0.2) is 28.5 Å². The first kappa shape index (κ1) is 12.2. The summed E-state index contributed by atoms with van der Waals surface area (Å²) in [5, 5.41) is 2.69. The Labute approximate surface area is 103 Å². The maximum absolute atomic E-state index is 13.0. The van der Waals surface area contributed by atoms with E-state index in [0.29, 0.717) is 16.8 Å². The summed E-state index contributed by atoms with van der Waals surface area (Å²) in [6.45, 7) is 3.41.